The first kappa shape index (κ1) is 14.9. The van der Waals surface area contributed by atoms with Crippen LogP contribution >= 0.6 is 23.5 Å². The van der Waals surface area contributed by atoms with Gasteiger partial charge in [-0.05, 0) is 24.7 Å². The maximum absolute atomic E-state index is 8.48. The van der Waals surface area contributed by atoms with Crippen LogP contribution in [0.25, 0.3) is 11.3 Å². The SMILES string of the molecule is C[n+]1cccc(-c2nsnc2SCCCCCC#N)c1. The molecule has 2 heterocycles. The van der Waals surface area contributed by atoms with E-state index in [1.807, 2.05) is 23.9 Å². The van der Waals surface area contributed by atoms with Gasteiger partial charge in [-0.25, -0.2) is 4.57 Å². The van der Waals surface area contributed by atoms with Crippen LogP contribution < -0.4 is 4.57 Å². The van der Waals surface area contributed by atoms with E-state index in [0.717, 1.165) is 41.3 Å². The number of pyridine rings is 1. The van der Waals surface area contributed by atoms with Gasteiger partial charge in [-0.1, -0.05) is 6.42 Å². The molecule has 2 rings (SSSR count). The molecule has 20 heavy (non-hydrogen) atoms. The molecular weight excluding hydrogens is 288 g/mol. The third-order valence-electron chi connectivity index (χ3n) is 2.84. The van der Waals surface area contributed by atoms with E-state index in [1.165, 1.54) is 11.7 Å². The molecule has 0 unspecified atom stereocenters. The Morgan fingerprint density at radius 1 is 1.35 bits per heavy atom. The zero-order valence-corrected chi connectivity index (χ0v) is 13.1. The van der Waals surface area contributed by atoms with E-state index in [9.17, 15) is 0 Å². The molecule has 0 bridgehead atoms. The van der Waals surface area contributed by atoms with Crippen molar-refractivity contribution >= 4 is 23.5 Å². The summed E-state index contributed by atoms with van der Waals surface area (Å²) >= 11 is 3.02. The van der Waals surface area contributed by atoms with Gasteiger partial charge in [0.1, 0.15) is 17.8 Å². The van der Waals surface area contributed by atoms with E-state index in [-0.39, 0.29) is 0 Å². The summed E-state index contributed by atoms with van der Waals surface area (Å²) in [4.78, 5) is 0. The highest BCUT2D eigenvalue weighted by molar-refractivity contribution is 7.99. The van der Waals surface area contributed by atoms with E-state index in [1.54, 1.807) is 11.8 Å². The largest absolute Gasteiger partial charge is 0.207 e. The number of aryl methyl sites for hydroxylation is 1. The van der Waals surface area contributed by atoms with Gasteiger partial charge in [0.2, 0.25) is 0 Å². The van der Waals surface area contributed by atoms with Crippen molar-refractivity contribution in [3.63, 3.8) is 0 Å². The normalized spacial score (nSPS) is 10.4. The number of unbranched alkanes of at least 4 members (excludes halogenated alkanes) is 3. The van der Waals surface area contributed by atoms with Crippen molar-refractivity contribution in [2.75, 3.05) is 5.75 Å². The minimum atomic E-state index is 0.661. The van der Waals surface area contributed by atoms with Crippen LogP contribution in [0.5, 0.6) is 0 Å². The van der Waals surface area contributed by atoms with Crippen LogP contribution in [-0.4, -0.2) is 14.5 Å². The first-order valence-electron chi connectivity index (χ1n) is 6.59. The van der Waals surface area contributed by atoms with Crippen molar-refractivity contribution in [3.8, 4) is 17.3 Å². The number of hydrogen-bond acceptors (Lipinski definition) is 5. The van der Waals surface area contributed by atoms with E-state index >= 15 is 0 Å². The molecule has 0 fully saturated rings. The highest BCUT2D eigenvalue weighted by Crippen LogP contribution is 2.29. The Balaban J connectivity index is 1.91. The maximum atomic E-state index is 8.48. The molecule has 0 amide bonds. The Hall–Kier alpha value is -1.45. The molecule has 0 atom stereocenters. The number of nitriles is 1. The second kappa shape index (κ2) is 7.98. The summed E-state index contributed by atoms with van der Waals surface area (Å²) in [6.45, 7) is 0. The topological polar surface area (TPSA) is 53.5 Å². The van der Waals surface area contributed by atoms with Crippen LogP contribution in [0.15, 0.2) is 29.6 Å². The molecule has 0 saturated heterocycles. The molecule has 2 aromatic rings. The minimum Gasteiger partial charge on any atom is -0.207 e. The molecule has 2 aromatic heterocycles. The average molecular weight is 305 g/mol. The maximum Gasteiger partial charge on any atom is 0.178 e. The van der Waals surface area contributed by atoms with Gasteiger partial charge in [-0.3, -0.25) is 0 Å². The summed E-state index contributed by atoms with van der Waals surface area (Å²) in [6, 6.07) is 6.26. The molecule has 6 heteroatoms. The van der Waals surface area contributed by atoms with Gasteiger partial charge >= 0.3 is 0 Å². The molecule has 0 aromatic carbocycles. The number of hydrogen-bond donors (Lipinski definition) is 0. The lowest BCUT2D eigenvalue weighted by Crippen LogP contribution is -2.26. The fraction of sp³-hybridized carbons (Fsp3) is 0.429. The summed E-state index contributed by atoms with van der Waals surface area (Å²) in [5.74, 6) is 1.03. The Labute approximate surface area is 127 Å². The van der Waals surface area contributed by atoms with Crippen molar-refractivity contribution in [2.24, 2.45) is 7.05 Å². The van der Waals surface area contributed by atoms with Gasteiger partial charge in [0.15, 0.2) is 12.4 Å². The Morgan fingerprint density at radius 3 is 3.05 bits per heavy atom. The van der Waals surface area contributed by atoms with Crippen LogP contribution in [0.1, 0.15) is 25.7 Å². The van der Waals surface area contributed by atoms with Crippen molar-refractivity contribution in [1.82, 2.24) is 8.75 Å². The van der Waals surface area contributed by atoms with Crippen molar-refractivity contribution in [2.45, 2.75) is 30.7 Å². The fourth-order valence-electron chi connectivity index (χ4n) is 1.83. The Morgan fingerprint density at radius 2 is 2.25 bits per heavy atom. The molecule has 4 nitrogen and oxygen atoms in total. The van der Waals surface area contributed by atoms with E-state index in [0.29, 0.717) is 6.42 Å². The smallest absolute Gasteiger partial charge is 0.178 e. The van der Waals surface area contributed by atoms with E-state index in [2.05, 4.69) is 27.1 Å². The summed E-state index contributed by atoms with van der Waals surface area (Å²) in [7, 11) is 2.01. The standard InChI is InChI=1S/C14H17N4S2/c1-18-9-6-7-12(11-18)13-14(17-20-16-13)19-10-5-3-2-4-8-15/h6-7,9,11H,2-5,10H2,1H3/q+1. The lowest BCUT2D eigenvalue weighted by Gasteiger charge is -2.00. The molecule has 0 aliphatic carbocycles. The predicted molar refractivity (Wildman–Crippen MR) is 81.3 cm³/mol. The van der Waals surface area contributed by atoms with Gasteiger partial charge in [-0.2, -0.15) is 14.0 Å². The minimum absolute atomic E-state index is 0.661. The van der Waals surface area contributed by atoms with Crippen LogP contribution in [-0.2, 0) is 7.05 Å². The van der Waals surface area contributed by atoms with Crippen molar-refractivity contribution < 1.29 is 4.57 Å². The van der Waals surface area contributed by atoms with Crippen LogP contribution in [0.4, 0.5) is 0 Å². The summed E-state index contributed by atoms with van der Waals surface area (Å²) in [5.41, 5.74) is 2.09. The van der Waals surface area contributed by atoms with E-state index < -0.39 is 0 Å². The van der Waals surface area contributed by atoms with Crippen molar-refractivity contribution in [1.29, 1.82) is 5.26 Å². The third kappa shape index (κ3) is 4.29. The molecule has 104 valence electrons. The lowest BCUT2D eigenvalue weighted by molar-refractivity contribution is -0.671. The van der Waals surface area contributed by atoms with Gasteiger partial charge in [0, 0.05) is 12.5 Å². The average Bonchev–Trinajstić information content (AvgIpc) is 2.91. The van der Waals surface area contributed by atoms with Gasteiger partial charge < -0.3 is 0 Å². The van der Waals surface area contributed by atoms with Gasteiger partial charge in [0.25, 0.3) is 0 Å². The highest BCUT2D eigenvalue weighted by atomic mass is 32.2. The van der Waals surface area contributed by atoms with Gasteiger partial charge in [0.05, 0.1) is 23.4 Å². The number of nitrogens with zero attached hydrogens (tertiary/aromatic N) is 4. The molecule has 0 spiro atoms. The van der Waals surface area contributed by atoms with Gasteiger partial charge in [-0.15, -0.1) is 11.8 Å². The van der Waals surface area contributed by atoms with Crippen molar-refractivity contribution in [3.05, 3.63) is 24.5 Å². The van der Waals surface area contributed by atoms with Crippen LogP contribution in [0.2, 0.25) is 0 Å². The zero-order valence-electron chi connectivity index (χ0n) is 11.5. The predicted octanol–water partition coefficient (Wildman–Crippen LogP) is 3.21. The second-order valence-corrected chi connectivity index (χ2v) is 6.11. The first-order valence-corrected chi connectivity index (χ1v) is 8.31. The number of rotatable bonds is 7. The fourth-order valence-corrected chi connectivity index (χ4v) is 3.52. The van der Waals surface area contributed by atoms with E-state index in [4.69, 9.17) is 5.26 Å². The summed E-state index contributed by atoms with van der Waals surface area (Å²) in [5, 5.41) is 9.50. The molecule has 0 N–H and O–H groups in total. The second-order valence-electron chi connectivity index (χ2n) is 4.49. The lowest BCUT2D eigenvalue weighted by atomic mass is 10.2. The zero-order chi connectivity index (χ0) is 14.2. The molecule has 0 aliphatic rings. The molecule has 0 aliphatic heterocycles. The van der Waals surface area contributed by atoms with Crippen LogP contribution in [0.3, 0.4) is 0 Å². The van der Waals surface area contributed by atoms with Crippen LogP contribution in [0, 0.1) is 11.3 Å². The summed E-state index contributed by atoms with van der Waals surface area (Å²) in [6.07, 6.45) is 7.95. The number of thioether (sulfide) groups is 1. The molecule has 0 saturated carbocycles. The molecular formula is C14H17N4S2+. The Bertz CT molecular complexity index is 589. The third-order valence-corrected chi connectivity index (χ3v) is 4.54. The molecule has 0 radical (unpaired) electrons. The highest BCUT2D eigenvalue weighted by Gasteiger charge is 2.13. The quantitative estimate of drug-likeness (QED) is 0.448. The first-order chi connectivity index (χ1) is 9.81. The monoisotopic (exact) mass is 305 g/mol. The Kier molecular flexibility index (Phi) is 5.96. The summed E-state index contributed by atoms with van der Waals surface area (Å²) < 4.78 is 10.8. The number of aromatic nitrogens is 3.